The molecule has 0 aliphatic heterocycles. The summed E-state index contributed by atoms with van der Waals surface area (Å²) in [5.41, 5.74) is 0.838. The van der Waals surface area contributed by atoms with Crippen molar-refractivity contribution < 1.29 is 19.4 Å². The highest BCUT2D eigenvalue weighted by Crippen LogP contribution is 2.37. The van der Waals surface area contributed by atoms with Gasteiger partial charge in [0.25, 0.3) is 5.56 Å². The van der Waals surface area contributed by atoms with Gasteiger partial charge in [-0.1, -0.05) is 34.5 Å². The van der Waals surface area contributed by atoms with E-state index in [2.05, 4.69) is 26.0 Å². The molecule has 2 aromatic carbocycles. The maximum atomic E-state index is 13.0. The van der Waals surface area contributed by atoms with Crippen molar-refractivity contribution >= 4 is 50.6 Å². The molecule has 1 N–H and O–H groups in total. The third kappa shape index (κ3) is 5.11. The molecule has 1 atom stereocenters. The summed E-state index contributed by atoms with van der Waals surface area (Å²) in [6.07, 6.45) is 0.855. The van der Waals surface area contributed by atoms with Gasteiger partial charge in [-0.25, -0.2) is 9.78 Å². The molecule has 0 aliphatic rings. The number of rotatable bonds is 8. The number of aliphatic carboxylic acids is 1. The summed E-state index contributed by atoms with van der Waals surface area (Å²) >= 11 is 9.71. The zero-order chi connectivity index (χ0) is 23.4. The van der Waals surface area contributed by atoms with Gasteiger partial charge in [0.2, 0.25) is 0 Å². The molecule has 0 bridgehead atoms. The van der Waals surface area contributed by atoms with E-state index in [0.29, 0.717) is 35.3 Å². The van der Waals surface area contributed by atoms with E-state index in [1.54, 1.807) is 31.2 Å². The minimum atomic E-state index is -1.13. The average Bonchev–Trinajstić information content (AvgIpc) is 2.75. The Morgan fingerprint density at radius 1 is 1.34 bits per heavy atom. The lowest BCUT2D eigenvalue weighted by atomic mass is 10.2. The third-order valence-corrected chi connectivity index (χ3v) is 5.26. The Kier molecular flexibility index (Phi) is 7.52. The SMILES string of the molecule is CCOc1cc(C=Nn2c(CC)nc3ccc(Br)cc3c2=O)cc(Cl)c1O[C@@H](C)C(=O)O. The summed E-state index contributed by atoms with van der Waals surface area (Å²) in [6, 6.07) is 8.48. The monoisotopic (exact) mass is 521 g/mol. The van der Waals surface area contributed by atoms with Crippen LogP contribution in [0.15, 0.2) is 44.7 Å². The molecule has 0 saturated carbocycles. The van der Waals surface area contributed by atoms with Crippen molar-refractivity contribution in [2.24, 2.45) is 5.10 Å². The van der Waals surface area contributed by atoms with Crippen LogP contribution in [0.3, 0.4) is 0 Å². The molecule has 32 heavy (non-hydrogen) atoms. The lowest BCUT2D eigenvalue weighted by Gasteiger charge is -2.16. The third-order valence-electron chi connectivity index (χ3n) is 4.49. The van der Waals surface area contributed by atoms with Crippen molar-refractivity contribution in [2.75, 3.05) is 6.61 Å². The second kappa shape index (κ2) is 10.1. The molecule has 168 valence electrons. The van der Waals surface area contributed by atoms with Crippen molar-refractivity contribution in [2.45, 2.75) is 33.3 Å². The molecule has 3 rings (SSSR count). The standard InChI is InChI=1S/C22H21BrClN3O5/c1-4-19-26-17-7-6-14(23)10-15(17)21(28)27(19)25-11-13-8-16(24)20(18(9-13)31-5-2)32-12(3)22(29)30/h6-12H,4-5H2,1-3H3,(H,29,30)/t12-/m0/s1. The number of fused-ring (bicyclic) bond motifs is 1. The van der Waals surface area contributed by atoms with Crippen LogP contribution in [0.25, 0.3) is 10.9 Å². The van der Waals surface area contributed by atoms with Crippen LogP contribution in [0.4, 0.5) is 0 Å². The molecule has 10 heteroatoms. The van der Waals surface area contributed by atoms with E-state index in [1.807, 2.05) is 13.0 Å². The lowest BCUT2D eigenvalue weighted by Crippen LogP contribution is -2.23. The number of hydrogen-bond donors (Lipinski definition) is 1. The van der Waals surface area contributed by atoms with Crippen molar-refractivity contribution in [3.05, 3.63) is 61.6 Å². The molecular formula is C22H21BrClN3O5. The summed E-state index contributed by atoms with van der Waals surface area (Å²) in [5, 5.41) is 14.1. The quantitative estimate of drug-likeness (QED) is 0.437. The van der Waals surface area contributed by atoms with Gasteiger partial charge in [-0.3, -0.25) is 4.79 Å². The molecule has 0 amide bonds. The van der Waals surface area contributed by atoms with Crippen LogP contribution in [-0.2, 0) is 11.2 Å². The number of carbonyl (C=O) groups is 1. The zero-order valence-corrected chi connectivity index (χ0v) is 20.0. The summed E-state index contributed by atoms with van der Waals surface area (Å²) in [7, 11) is 0. The maximum absolute atomic E-state index is 13.0. The number of halogens is 2. The van der Waals surface area contributed by atoms with E-state index in [0.717, 1.165) is 4.47 Å². The minimum absolute atomic E-state index is 0.129. The number of aryl methyl sites for hydroxylation is 1. The normalized spacial score (nSPS) is 12.3. The zero-order valence-electron chi connectivity index (χ0n) is 17.6. The van der Waals surface area contributed by atoms with Crippen LogP contribution in [0.5, 0.6) is 11.5 Å². The van der Waals surface area contributed by atoms with Gasteiger partial charge < -0.3 is 14.6 Å². The number of aromatic nitrogens is 2. The molecular weight excluding hydrogens is 502 g/mol. The number of carboxylic acid groups (broad SMARTS) is 1. The van der Waals surface area contributed by atoms with Crippen LogP contribution >= 0.6 is 27.5 Å². The maximum Gasteiger partial charge on any atom is 0.344 e. The van der Waals surface area contributed by atoms with Crippen molar-refractivity contribution in [3.8, 4) is 11.5 Å². The van der Waals surface area contributed by atoms with Crippen molar-refractivity contribution in [1.82, 2.24) is 9.66 Å². The molecule has 0 aliphatic carbocycles. The molecule has 1 heterocycles. The van der Waals surface area contributed by atoms with Crippen LogP contribution < -0.4 is 15.0 Å². The Morgan fingerprint density at radius 3 is 2.75 bits per heavy atom. The van der Waals surface area contributed by atoms with E-state index >= 15 is 0 Å². The molecule has 0 radical (unpaired) electrons. The minimum Gasteiger partial charge on any atom is -0.490 e. The van der Waals surface area contributed by atoms with Crippen LogP contribution in [0.1, 0.15) is 32.2 Å². The summed E-state index contributed by atoms with van der Waals surface area (Å²) < 4.78 is 13.0. The fraction of sp³-hybridized carbons (Fsp3) is 0.273. The Morgan fingerprint density at radius 2 is 2.09 bits per heavy atom. The summed E-state index contributed by atoms with van der Waals surface area (Å²) in [5.74, 6) is -0.217. The molecule has 0 unspecified atom stereocenters. The van der Waals surface area contributed by atoms with Gasteiger partial charge in [-0.05, 0) is 49.7 Å². The van der Waals surface area contributed by atoms with Crippen LogP contribution in [0, 0.1) is 0 Å². The first-order chi connectivity index (χ1) is 15.2. The first-order valence-electron chi connectivity index (χ1n) is 9.86. The predicted molar refractivity (Wildman–Crippen MR) is 126 cm³/mol. The van der Waals surface area contributed by atoms with E-state index in [-0.39, 0.29) is 22.1 Å². The fourth-order valence-electron chi connectivity index (χ4n) is 2.93. The molecule has 0 fully saturated rings. The summed E-state index contributed by atoms with van der Waals surface area (Å²) in [4.78, 5) is 28.7. The number of carboxylic acids is 1. The topological polar surface area (TPSA) is 103 Å². The largest absolute Gasteiger partial charge is 0.490 e. The van der Waals surface area contributed by atoms with Gasteiger partial charge in [-0.15, -0.1) is 0 Å². The first kappa shape index (κ1) is 23.7. The van der Waals surface area contributed by atoms with Gasteiger partial charge in [0, 0.05) is 10.9 Å². The van der Waals surface area contributed by atoms with E-state index in [1.165, 1.54) is 17.8 Å². The number of nitrogens with zero attached hydrogens (tertiary/aromatic N) is 3. The highest BCUT2D eigenvalue weighted by Gasteiger charge is 2.19. The lowest BCUT2D eigenvalue weighted by molar-refractivity contribution is -0.144. The molecule has 8 nitrogen and oxygen atoms in total. The summed E-state index contributed by atoms with van der Waals surface area (Å²) in [6.45, 7) is 5.38. The Labute approximate surface area is 197 Å². The van der Waals surface area contributed by atoms with Crippen molar-refractivity contribution in [1.29, 1.82) is 0 Å². The average molecular weight is 523 g/mol. The number of ether oxygens (including phenoxy) is 2. The molecule has 0 saturated heterocycles. The highest BCUT2D eigenvalue weighted by molar-refractivity contribution is 9.10. The van der Waals surface area contributed by atoms with Gasteiger partial charge >= 0.3 is 5.97 Å². The fourth-order valence-corrected chi connectivity index (χ4v) is 3.56. The predicted octanol–water partition coefficient (Wildman–Crippen LogP) is 4.51. The first-order valence-corrected chi connectivity index (χ1v) is 11.0. The Bertz CT molecular complexity index is 1260. The Balaban J connectivity index is 2.06. The van der Waals surface area contributed by atoms with Crippen LogP contribution in [0.2, 0.25) is 5.02 Å². The van der Waals surface area contributed by atoms with Gasteiger partial charge in [-0.2, -0.15) is 9.78 Å². The van der Waals surface area contributed by atoms with E-state index < -0.39 is 12.1 Å². The smallest absolute Gasteiger partial charge is 0.344 e. The Hall–Kier alpha value is -2.91. The van der Waals surface area contributed by atoms with Gasteiger partial charge in [0.1, 0.15) is 5.82 Å². The van der Waals surface area contributed by atoms with Crippen LogP contribution in [-0.4, -0.2) is 39.7 Å². The van der Waals surface area contributed by atoms with Gasteiger partial charge in [0.15, 0.2) is 17.6 Å². The number of hydrogen-bond acceptors (Lipinski definition) is 6. The highest BCUT2D eigenvalue weighted by atomic mass is 79.9. The number of benzene rings is 2. The van der Waals surface area contributed by atoms with Gasteiger partial charge in [0.05, 0.1) is 28.7 Å². The molecule has 3 aromatic rings. The molecule has 1 aromatic heterocycles. The van der Waals surface area contributed by atoms with E-state index in [4.69, 9.17) is 26.2 Å². The second-order valence-corrected chi connectivity index (χ2v) is 8.09. The van der Waals surface area contributed by atoms with Crippen molar-refractivity contribution in [3.63, 3.8) is 0 Å². The second-order valence-electron chi connectivity index (χ2n) is 6.77. The van der Waals surface area contributed by atoms with E-state index in [9.17, 15) is 9.59 Å². The molecule has 0 spiro atoms.